The second kappa shape index (κ2) is 11.9. The van der Waals surface area contributed by atoms with Crippen LogP contribution in [0, 0.1) is 0 Å². The van der Waals surface area contributed by atoms with Crippen LogP contribution in [-0.2, 0) is 50.6 Å². The van der Waals surface area contributed by atoms with Crippen LogP contribution >= 0.6 is 0 Å². The summed E-state index contributed by atoms with van der Waals surface area (Å²) in [6, 6.07) is 0. The van der Waals surface area contributed by atoms with Gasteiger partial charge >= 0.3 is 76.7 Å². The van der Waals surface area contributed by atoms with E-state index in [1.165, 1.54) is 0 Å². The molecule has 0 aromatic heterocycles. The van der Waals surface area contributed by atoms with Gasteiger partial charge in [-0.15, -0.1) is 0 Å². The molecule has 1 N–H and O–H groups in total. The molecule has 0 unspecified atom stereocenters. The van der Waals surface area contributed by atoms with Gasteiger partial charge in [-0.3, -0.25) is 0 Å². The molecule has 0 radical (unpaired) electrons. The van der Waals surface area contributed by atoms with Crippen molar-refractivity contribution in [1.29, 1.82) is 0 Å². The predicted molar refractivity (Wildman–Crippen MR) is 4.96 cm³/mol. The van der Waals surface area contributed by atoms with E-state index in [0.29, 0.717) is 0 Å². The maximum absolute atomic E-state index is 8.71. The van der Waals surface area contributed by atoms with Gasteiger partial charge in [0.1, 0.15) is 0 Å². The van der Waals surface area contributed by atoms with Gasteiger partial charge in [0.2, 0.25) is 0 Å². The van der Waals surface area contributed by atoms with E-state index >= 15 is 0 Å². The summed E-state index contributed by atoms with van der Waals surface area (Å²) in [7, 11) is 0. The number of hydrogen-bond acceptors (Lipinski definition) is 5. The van der Waals surface area contributed by atoms with Crippen LogP contribution in [0.4, 0.5) is 0 Å². The first-order valence-electron chi connectivity index (χ1n) is 1.11. The standard InChI is InChI=1S/Li.Nb.H2O.5O.Ta/h;;1H2;;;;;;/q2*+1;;;;;;-1;/p-1. The first-order chi connectivity index (χ1) is 3.46. The second-order valence-corrected chi connectivity index (χ2v) is 3.24. The molecule has 9 heteroatoms. The quantitative estimate of drug-likeness (QED) is 0.422. The molecular weight excluding hydrogens is 377 g/mol. The molecule has 0 aliphatic carbocycles. The van der Waals surface area contributed by atoms with Gasteiger partial charge < -0.3 is 0 Å². The minimum atomic E-state index is -4.34. The summed E-state index contributed by atoms with van der Waals surface area (Å²) in [6.07, 6.45) is 0. The molecule has 0 aromatic carbocycles. The second-order valence-electron chi connectivity index (χ2n) is 0.461. The molecule has 0 saturated heterocycles. The van der Waals surface area contributed by atoms with Crippen molar-refractivity contribution in [2.75, 3.05) is 0 Å². The maximum atomic E-state index is 8.71. The van der Waals surface area contributed by atoms with Crippen molar-refractivity contribution < 1.29 is 76.7 Å². The molecule has 0 rings (SSSR count). The third-order valence-corrected chi connectivity index (χ3v) is 0. The fraction of sp³-hybridized carbons (Fsp3) is 0. The zero-order valence-corrected chi connectivity index (χ0v) is 9.79. The van der Waals surface area contributed by atoms with Crippen LogP contribution in [0.15, 0.2) is 0 Å². The van der Waals surface area contributed by atoms with Crippen molar-refractivity contribution in [2.45, 2.75) is 0 Å². The van der Waals surface area contributed by atoms with Crippen LogP contribution in [0.3, 0.4) is 0 Å². The molecule has 0 spiro atoms. The van der Waals surface area contributed by atoms with Gasteiger partial charge in [-0.05, 0) is 0 Å². The molecule has 0 aromatic rings. The van der Waals surface area contributed by atoms with Crippen molar-refractivity contribution >= 4 is 0 Å². The van der Waals surface area contributed by atoms with Gasteiger partial charge in [-0.2, -0.15) is 0 Å². The molecule has 0 amide bonds. The Kier molecular flexibility index (Phi) is 22.1. The Morgan fingerprint density at radius 1 is 1.33 bits per heavy atom. The van der Waals surface area contributed by atoms with E-state index in [1.807, 2.05) is 0 Å². The zero-order valence-electron chi connectivity index (χ0n) is 4.38. The van der Waals surface area contributed by atoms with Crippen LogP contribution < -0.4 is 22.5 Å². The van der Waals surface area contributed by atoms with Crippen molar-refractivity contribution in [2.24, 2.45) is 0 Å². The van der Waals surface area contributed by atoms with E-state index < -0.39 is 37.6 Å². The van der Waals surface area contributed by atoms with E-state index in [2.05, 4.69) is 0 Å². The molecule has 9 heavy (non-hydrogen) atoms. The molecule has 0 fully saturated rings. The van der Waals surface area contributed by atoms with Crippen molar-refractivity contribution in [3.05, 3.63) is 0 Å². The third-order valence-electron chi connectivity index (χ3n) is 0. The predicted octanol–water partition coefficient (Wildman–Crippen LogP) is -5.22. The first-order valence-corrected chi connectivity index (χ1v) is 7.83. The van der Waals surface area contributed by atoms with Gasteiger partial charge in [0.05, 0.1) is 0 Å². The van der Waals surface area contributed by atoms with Gasteiger partial charge in [0, 0.05) is 0 Å². The Hall–Kier alpha value is 1.20. The fourth-order valence-electron chi connectivity index (χ4n) is 0. The molecule has 6 nitrogen and oxygen atoms in total. The summed E-state index contributed by atoms with van der Waals surface area (Å²) in [4.78, 5) is 0. The molecule has 0 heterocycles. The summed E-state index contributed by atoms with van der Waals surface area (Å²) in [5.74, 6) is 0. The summed E-state index contributed by atoms with van der Waals surface area (Å²) in [5, 5.41) is 0. The Bertz CT molecular complexity index is 130. The van der Waals surface area contributed by atoms with Gasteiger partial charge in [-0.25, -0.2) is 0 Å². The van der Waals surface area contributed by atoms with Crippen molar-refractivity contribution in [1.82, 2.24) is 0 Å². The van der Waals surface area contributed by atoms with Gasteiger partial charge in [-0.1, -0.05) is 0 Å². The van der Waals surface area contributed by atoms with E-state index in [4.69, 9.17) is 20.2 Å². The molecular formula is HLiNbO6Ta. The fourth-order valence-corrected chi connectivity index (χ4v) is 0. The normalized spacial score (nSPS) is 5.56. The minimum absolute atomic E-state index is 0. The topological polar surface area (TPSA) is 112 Å². The summed E-state index contributed by atoms with van der Waals surface area (Å²) < 4.78 is 50.4. The van der Waals surface area contributed by atoms with E-state index in [-0.39, 0.29) is 18.9 Å². The van der Waals surface area contributed by atoms with Crippen LogP contribution in [0.25, 0.3) is 0 Å². The average Bonchev–Trinajstić information content (AvgIpc) is 1.25. The third kappa shape index (κ3) is 332. The van der Waals surface area contributed by atoms with E-state index in [1.54, 1.807) is 0 Å². The van der Waals surface area contributed by atoms with Gasteiger partial charge in [0.25, 0.3) is 0 Å². The Balaban J connectivity index is -0.0000000720. The molecule has 48 valence electrons. The number of rotatable bonds is 0. The Morgan fingerprint density at radius 2 is 1.33 bits per heavy atom. The molecule has 0 aliphatic heterocycles. The molecule has 0 atom stereocenters. The summed E-state index contributed by atoms with van der Waals surface area (Å²) >= 11 is -8.29. The van der Waals surface area contributed by atoms with Crippen LogP contribution in [0.5, 0.6) is 0 Å². The van der Waals surface area contributed by atoms with Gasteiger partial charge in [0.15, 0.2) is 0 Å². The van der Waals surface area contributed by atoms with E-state index in [0.717, 1.165) is 0 Å². The molecule has 0 bridgehead atoms. The van der Waals surface area contributed by atoms with Crippen LogP contribution in [-0.4, -0.2) is 3.61 Å². The monoisotopic (exact) mass is 378 g/mol. The summed E-state index contributed by atoms with van der Waals surface area (Å²) in [6.45, 7) is 0. The Labute approximate surface area is 76.0 Å². The number of hydrogen-bond donors (Lipinski definition) is 1. The zero-order chi connectivity index (χ0) is 7.15. The average molecular weight is 378 g/mol. The molecule has 0 saturated carbocycles. The van der Waals surface area contributed by atoms with Crippen LogP contribution in [0.2, 0.25) is 0 Å². The SMILES string of the molecule is [Li+].[O]=[Nb](=[O])[OH].[O]=[Ta](=[O])[O-]. The van der Waals surface area contributed by atoms with Crippen molar-refractivity contribution in [3.8, 4) is 0 Å². The van der Waals surface area contributed by atoms with E-state index in [9.17, 15) is 0 Å². The summed E-state index contributed by atoms with van der Waals surface area (Å²) in [5.41, 5.74) is 0. The first kappa shape index (κ1) is 16.7. The van der Waals surface area contributed by atoms with Crippen LogP contribution in [0.1, 0.15) is 0 Å². The Morgan fingerprint density at radius 3 is 1.33 bits per heavy atom. The molecule has 0 aliphatic rings. The van der Waals surface area contributed by atoms with Crippen molar-refractivity contribution in [3.63, 3.8) is 0 Å².